The summed E-state index contributed by atoms with van der Waals surface area (Å²) in [7, 11) is 1.68. The van der Waals surface area contributed by atoms with E-state index in [1.165, 1.54) is 0 Å². The second-order valence-electron chi connectivity index (χ2n) is 7.29. The van der Waals surface area contributed by atoms with Crippen molar-refractivity contribution in [2.45, 2.75) is 58.8 Å². The van der Waals surface area contributed by atoms with Crippen LogP contribution >= 0.6 is 0 Å². The summed E-state index contributed by atoms with van der Waals surface area (Å²) in [4.78, 5) is 11.0. The first-order valence-electron chi connectivity index (χ1n) is 6.90. The maximum Gasteiger partial charge on any atom is 0.307 e. The van der Waals surface area contributed by atoms with Crippen LogP contribution in [-0.2, 0) is 22.0 Å². The summed E-state index contributed by atoms with van der Waals surface area (Å²) in [6.07, 6.45) is 0.0379. The highest BCUT2D eigenvalue weighted by atomic mass is 16.5. The van der Waals surface area contributed by atoms with Crippen molar-refractivity contribution >= 4 is 5.97 Å². The van der Waals surface area contributed by atoms with E-state index in [1.54, 1.807) is 7.11 Å². The molecule has 0 aliphatic rings. The van der Waals surface area contributed by atoms with E-state index >= 15 is 0 Å². The van der Waals surface area contributed by atoms with E-state index in [0.717, 1.165) is 22.4 Å². The number of carbonyl (C=O) groups is 1. The largest absolute Gasteiger partial charge is 0.496 e. The number of aliphatic carboxylic acids is 1. The SMILES string of the molecule is COc1c(C(C)(C)C)cc(CC(=O)O)cc1C(C)(C)C. The van der Waals surface area contributed by atoms with E-state index < -0.39 is 5.97 Å². The van der Waals surface area contributed by atoms with Crippen LogP contribution in [0.5, 0.6) is 5.75 Å². The average molecular weight is 278 g/mol. The number of methoxy groups -OCH3 is 1. The Labute approximate surface area is 122 Å². The smallest absolute Gasteiger partial charge is 0.307 e. The highest BCUT2D eigenvalue weighted by Crippen LogP contribution is 2.40. The van der Waals surface area contributed by atoms with Crippen molar-refractivity contribution in [2.24, 2.45) is 0 Å². The number of carboxylic acid groups (broad SMARTS) is 1. The quantitative estimate of drug-likeness (QED) is 0.911. The van der Waals surface area contributed by atoms with Crippen molar-refractivity contribution in [3.63, 3.8) is 0 Å². The number of hydrogen-bond donors (Lipinski definition) is 1. The summed E-state index contributed by atoms with van der Waals surface area (Å²) in [5, 5.41) is 9.05. The maximum atomic E-state index is 11.0. The molecule has 0 saturated heterocycles. The Morgan fingerprint density at radius 1 is 1.05 bits per heavy atom. The van der Waals surface area contributed by atoms with Crippen LogP contribution in [0.15, 0.2) is 12.1 Å². The second kappa shape index (κ2) is 5.47. The van der Waals surface area contributed by atoms with Crippen LogP contribution in [0.3, 0.4) is 0 Å². The van der Waals surface area contributed by atoms with Crippen molar-refractivity contribution in [3.05, 3.63) is 28.8 Å². The Morgan fingerprint density at radius 2 is 1.45 bits per heavy atom. The summed E-state index contributed by atoms with van der Waals surface area (Å²) in [6.45, 7) is 12.7. The van der Waals surface area contributed by atoms with Crippen LogP contribution in [0, 0.1) is 0 Å². The van der Waals surface area contributed by atoms with Gasteiger partial charge in [0.1, 0.15) is 5.75 Å². The molecule has 0 heterocycles. The summed E-state index contributed by atoms with van der Waals surface area (Å²) >= 11 is 0. The van der Waals surface area contributed by atoms with Crippen LogP contribution in [0.25, 0.3) is 0 Å². The number of benzene rings is 1. The molecule has 0 unspecified atom stereocenters. The molecule has 0 amide bonds. The fourth-order valence-corrected chi connectivity index (χ4v) is 2.30. The first-order chi connectivity index (χ1) is 8.96. The van der Waals surface area contributed by atoms with Gasteiger partial charge in [0.05, 0.1) is 13.5 Å². The molecule has 20 heavy (non-hydrogen) atoms. The minimum atomic E-state index is -0.810. The highest BCUT2D eigenvalue weighted by Gasteiger charge is 2.27. The summed E-state index contributed by atoms with van der Waals surface area (Å²) in [5.41, 5.74) is 2.75. The van der Waals surface area contributed by atoms with Crippen molar-refractivity contribution in [3.8, 4) is 5.75 Å². The maximum absolute atomic E-state index is 11.0. The lowest BCUT2D eigenvalue weighted by atomic mass is 9.78. The minimum Gasteiger partial charge on any atom is -0.496 e. The van der Waals surface area contributed by atoms with Gasteiger partial charge in [0.15, 0.2) is 0 Å². The van der Waals surface area contributed by atoms with Crippen LogP contribution in [0.2, 0.25) is 0 Å². The normalized spacial score (nSPS) is 12.3. The standard InChI is InChI=1S/C17H26O3/c1-16(2,3)12-8-11(10-14(18)19)9-13(15(12)20-7)17(4,5)6/h8-9H,10H2,1-7H3,(H,18,19). The second-order valence-corrected chi connectivity index (χ2v) is 7.29. The molecule has 0 bridgehead atoms. The van der Waals surface area contributed by atoms with E-state index in [4.69, 9.17) is 9.84 Å². The zero-order chi connectivity index (χ0) is 15.7. The molecule has 0 radical (unpaired) electrons. The topological polar surface area (TPSA) is 46.5 Å². The number of hydrogen-bond acceptors (Lipinski definition) is 2. The van der Waals surface area contributed by atoms with Crippen molar-refractivity contribution < 1.29 is 14.6 Å². The molecular formula is C17H26O3. The summed E-state index contributed by atoms with van der Waals surface area (Å²) < 4.78 is 5.64. The van der Waals surface area contributed by atoms with Gasteiger partial charge in [0.25, 0.3) is 0 Å². The molecule has 0 saturated carbocycles. The first-order valence-corrected chi connectivity index (χ1v) is 6.90. The van der Waals surface area contributed by atoms with Crippen LogP contribution < -0.4 is 4.74 Å². The Kier molecular flexibility index (Phi) is 4.52. The molecule has 0 aliphatic heterocycles. The van der Waals surface area contributed by atoms with Crippen LogP contribution in [0.4, 0.5) is 0 Å². The van der Waals surface area contributed by atoms with E-state index in [1.807, 2.05) is 12.1 Å². The van der Waals surface area contributed by atoms with Gasteiger partial charge in [-0.05, 0) is 16.4 Å². The number of rotatable bonds is 3. The summed E-state index contributed by atoms with van der Waals surface area (Å²) in [5.74, 6) is 0.0639. The van der Waals surface area contributed by atoms with Gasteiger partial charge in [-0.15, -0.1) is 0 Å². The Bertz CT molecular complexity index is 467. The molecule has 0 aliphatic carbocycles. The minimum absolute atomic E-state index is 0.0379. The van der Waals surface area contributed by atoms with Crippen molar-refractivity contribution in [2.75, 3.05) is 7.11 Å². The predicted octanol–water partition coefficient (Wildman–Crippen LogP) is 3.92. The molecule has 1 rings (SSSR count). The third kappa shape index (κ3) is 3.75. The van der Waals surface area contributed by atoms with Gasteiger partial charge >= 0.3 is 5.97 Å². The Balaban J connectivity index is 3.60. The fraction of sp³-hybridized carbons (Fsp3) is 0.588. The molecule has 3 nitrogen and oxygen atoms in total. The lowest BCUT2D eigenvalue weighted by Gasteiger charge is -2.29. The molecule has 0 fully saturated rings. The molecular weight excluding hydrogens is 252 g/mol. The van der Waals surface area contributed by atoms with Gasteiger partial charge in [0.2, 0.25) is 0 Å². The van der Waals surface area contributed by atoms with Gasteiger partial charge < -0.3 is 9.84 Å². The van der Waals surface area contributed by atoms with E-state index in [-0.39, 0.29) is 17.3 Å². The Morgan fingerprint density at radius 3 is 1.70 bits per heavy atom. The molecule has 112 valence electrons. The van der Waals surface area contributed by atoms with Gasteiger partial charge in [0, 0.05) is 11.1 Å². The first kappa shape index (κ1) is 16.5. The third-order valence-electron chi connectivity index (χ3n) is 3.32. The van der Waals surface area contributed by atoms with E-state index in [2.05, 4.69) is 41.5 Å². The molecule has 3 heteroatoms. The number of carboxylic acids is 1. The Hall–Kier alpha value is -1.51. The lowest BCUT2D eigenvalue weighted by molar-refractivity contribution is -0.136. The molecule has 0 atom stereocenters. The summed E-state index contributed by atoms with van der Waals surface area (Å²) in [6, 6.07) is 3.92. The average Bonchev–Trinajstić information content (AvgIpc) is 2.24. The highest BCUT2D eigenvalue weighted by molar-refractivity contribution is 5.71. The predicted molar refractivity (Wildman–Crippen MR) is 81.7 cm³/mol. The molecule has 0 spiro atoms. The molecule has 1 N–H and O–H groups in total. The van der Waals surface area contributed by atoms with E-state index in [0.29, 0.717) is 0 Å². The van der Waals surface area contributed by atoms with Gasteiger partial charge in [-0.2, -0.15) is 0 Å². The zero-order valence-electron chi connectivity index (χ0n) is 13.6. The van der Waals surface area contributed by atoms with Gasteiger partial charge in [-0.25, -0.2) is 0 Å². The van der Waals surface area contributed by atoms with Crippen LogP contribution in [-0.4, -0.2) is 18.2 Å². The van der Waals surface area contributed by atoms with Crippen molar-refractivity contribution in [1.82, 2.24) is 0 Å². The fourth-order valence-electron chi connectivity index (χ4n) is 2.30. The molecule has 1 aromatic rings. The molecule has 0 aromatic heterocycles. The van der Waals surface area contributed by atoms with Crippen molar-refractivity contribution in [1.29, 1.82) is 0 Å². The third-order valence-corrected chi connectivity index (χ3v) is 3.32. The van der Waals surface area contributed by atoms with Gasteiger partial charge in [-0.1, -0.05) is 53.7 Å². The monoisotopic (exact) mass is 278 g/mol. The van der Waals surface area contributed by atoms with E-state index in [9.17, 15) is 4.79 Å². The molecule has 1 aromatic carbocycles. The van der Waals surface area contributed by atoms with Gasteiger partial charge in [-0.3, -0.25) is 4.79 Å². The number of ether oxygens (including phenoxy) is 1. The zero-order valence-corrected chi connectivity index (χ0v) is 13.6. The lowest BCUT2D eigenvalue weighted by Crippen LogP contribution is -2.20. The van der Waals surface area contributed by atoms with Crippen LogP contribution in [0.1, 0.15) is 58.2 Å².